The molecular weight excluding hydrogens is 250 g/mol. The number of nitrogens with zero attached hydrogens (tertiary/aromatic N) is 3. The molecule has 0 saturated carbocycles. The fourth-order valence-corrected chi connectivity index (χ4v) is 1.37. The van der Waals surface area contributed by atoms with E-state index in [1.54, 1.807) is 6.92 Å². The molecule has 1 aromatic rings. The number of aliphatic hydroxyl groups is 1. The number of hydrogen-bond acceptors (Lipinski definition) is 6. The van der Waals surface area contributed by atoms with E-state index in [1.807, 2.05) is 0 Å². The number of benzene rings is 1. The minimum atomic E-state index is -0.507. The number of nitro groups is 1. The Morgan fingerprint density at radius 1 is 1.37 bits per heavy atom. The van der Waals surface area contributed by atoms with Crippen LogP contribution in [0.4, 0.5) is 11.4 Å². The van der Waals surface area contributed by atoms with Crippen LogP contribution >= 0.6 is 0 Å². The third kappa shape index (κ3) is 3.70. The number of ketones is 1. The lowest BCUT2D eigenvalue weighted by molar-refractivity contribution is -0.384. The van der Waals surface area contributed by atoms with Gasteiger partial charge in [0.2, 0.25) is 0 Å². The molecule has 0 unspecified atom stereocenters. The first kappa shape index (κ1) is 14.5. The summed E-state index contributed by atoms with van der Waals surface area (Å²) in [5.74, 6) is -0.640. The zero-order chi connectivity index (χ0) is 14.6. The van der Waals surface area contributed by atoms with Crippen molar-refractivity contribution in [3.63, 3.8) is 0 Å². The van der Waals surface area contributed by atoms with Gasteiger partial charge in [0.15, 0.2) is 11.5 Å². The molecule has 0 aliphatic rings. The van der Waals surface area contributed by atoms with Crippen LogP contribution in [-0.2, 0) is 4.79 Å². The topological polar surface area (TPSA) is 105 Å². The van der Waals surface area contributed by atoms with Gasteiger partial charge in [-0.3, -0.25) is 14.9 Å². The molecule has 0 spiro atoms. The average molecular weight is 263 g/mol. The highest BCUT2D eigenvalue weighted by Crippen LogP contribution is 2.24. The van der Waals surface area contributed by atoms with Crippen molar-refractivity contribution in [3.8, 4) is 0 Å². The van der Waals surface area contributed by atoms with Crippen LogP contribution < -0.4 is 0 Å². The summed E-state index contributed by atoms with van der Waals surface area (Å²) in [6, 6.07) is 4.09. The van der Waals surface area contributed by atoms with Gasteiger partial charge in [0.05, 0.1) is 10.6 Å². The number of aryl methyl sites for hydroxylation is 1. The lowest BCUT2D eigenvalue weighted by atomic mass is 10.2. The number of allylic oxidation sites excluding steroid dienone is 2. The van der Waals surface area contributed by atoms with E-state index in [4.69, 9.17) is 0 Å². The standard InChI is InChI=1S/C12H13N3O4/c1-7-6-10(15(18)19)4-5-11(7)13-14-12(8(2)16)9(3)17/h4-6,16H,1-3H3/b12-8-,14-13?. The van der Waals surface area contributed by atoms with Gasteiger partial charge in [-0.15, -0.1) is 5.11 Å². The smallest absolute Gasteiger partial charge is 0.269 e. The zero-order valence-electron chi connectivity index (χ0n) is 10.7. The van der Waals surface area contributed by atoms with Crippen LogP contribution in [0.3, 0.4) is 0 Å². The maximum Gasteiger partial charge on any atom is 0.269 e. The van der Waals surface area contributed by atoms with Crippen molar-refractivity contribution in [3.05, 3.63) is 45.3 Å². The van der Waals surface area contributed by atoms with E-state index < -0.39 is 10.7 Å². The first-order valence-electron chi connectivity index (χ1n) is 5.40. The highest BCUT2D eigenvalue weighted by Gasteiger charge is 2.09. The van der Waals surface area contributed by atoms with Crippen LogP contribution in [0, 0.1) is 17.0 Å². The lowest BCUT2D eigenvalue weighted by Gasteiger charge is -2.00. The van der Waals surface area contributed by atoms with Gasteiger partial charge in [-0.25, -0.2) is 0 Å². The number of carbonyl (C=O) groups is 1. The van der Waals surface area contributed by atoms with Crippen LogP contribution in [0.1, 0.15) is 19.4 Å². The summed E-state index contributed by atoms with van der Waals surface area (Å²) in [4.78, 5) is 21.2. The molecule has 0 atom stereocenters. The van der Waals surface area contributed by atoms with Crippen molar-refractivity contribution < 1.29 is 14.8 Å². The number of Topliss-reactive ketones (excluding diaryl/α,β-unsaturated/α-hetero) is 1. The predicted octanol–water partition coefficient (Wildman–Crippen LogP) is 3.37. The number of nitro benzene ring substituents is 1. The minimum Gasteiger partial charge on any atom is -0.510 e. The third-order valence-electron chi connectivity index (χ3n) is 2.33. The fourth-order valence-electron chi connectivity index (χ4n) is 1.37. The second kappa shape index (κ2) is 5.85. The highest BCUT2D eigenvalue weighted by atomic mass is 16.6. The maximum absolute atomic E-state index is 11.2. The predicted molar refractivity (Wildman–Crippen MR) is 68.4 cm³/mol. The highest BCUT2D eigenvalue weighted by molar-refractivity contribution is 5.93. The first-order valence-corrected chi connectivity index (χ1v) is 5.40. The van der Waals surface area contributed by atoms with E-state index in [-0.39, 0.29) is 17.1 Å². The van der Waals surface area contributed by atoms with Crippen LogP contribution in [0.2, 0.25) is 0 Å². The van der Waals surface area contributed by atoms with Gasteiger partial charge in [0, 0.05) is 19.1 Å². The van der Waals surface area contributed by atoms with E-state index >= 15 is 0 Å². The summed E-state index contributed by atoms with van der Waals surface area (Å²) in [5, 5.41) is 27.3. The van der Waals surface area contributed by atoms with Gasteiger partial charge in [-0.1, -0.05) is 0 Å². The number of hydrogen-bond donors (Lipinski definition) is 1. The molecule has 100 valence electrons. The largest absolute Gasteiger partial charge is 0.510 e. The molecule has 7 nitrogen and oxygen atoms in total. The van der Waals surface area contributed by atoms with Crippen molar-refractivity contribution in [2.24, 2.45) is 10.2 Å². The van der Waals surface area contributed by atoms with Gasteiger partial charge in [0.25, 0.3) is 5.69 Å². The van der Waals surface area contributed by atoms with Gasteiger partial charge in [-0.05, 0) is 25.5 Å². The SMILES string of the molecule is CC(=O)/C(N=Nc1ccc([N+](=O)[O-])cc1C)=C(\C)O. The summed E-state index contributed by atoms with van der Waals surface area (Å²) >= 11 is 0. The van der Waals surface area contributed by atoms with Crippen LogP contribution in [0.25, 0.3) is 0 Å². The van der Waals surface area contributed by atoms with Crippen LogP contribution in [0.15, 0.2) is 39.9 Å². The van der Waals surface area contributed by atoms with Gasteiger partial charge in [-0.2, -0.15) is 5.11 Å². The van der Waals surface area contributed by atoms with Crippen molar-refractivity contribution in [2.45, 2.75) is 20.8 Å². The van der Waals surface area contributed by atoms with Crippen molar-refractivity contribution in [1.29, 1.82) is 0 Å². The number of carbonyl (C=O) groups excluding carboxylic acids is 1. The number of non-ortho nitro benzene ring substituents is 1. The quantitative estimate of drug-likeness (QED) is 0.295. The van der Waals surface area contributed by atoms with E-state index in [9.17, 15) is 20.0 Å². The Morgan fingerprint density at radius 2 is 2.00 bits per heavy atom. The Balaban J connectivity index is 3.10. The number of rotatable bonds is 4. The molecule has 0 amide bonds. The second-order valence-corrected chi connectivity index (χ2v) is 3.92. The molecule has 0 fully saturated rings. The van der Waals surface area contributed by atoms with Gasteiger partial charge >= 0.3 is 0 Å². The Hall–Kier alpha value is -2.57. The molecule has 19 heavy (non-hydrogen) atoms. The Labute approximate surface area is 109 Å². The van der Waals surface area contributed by atoms with Crippen molar-refractivity contribution in [2.75, 3.05) is 0 Å². The number of aliphatic hydroxyl groups excluding tert-OH is 1. The van der Waals surface area contributed by atoms with Crippen LogP contribution in [-0.4, -0.2) is 15.8 Å². The summed E-state index contributed by atoms with van der Waals surface area (Å²) in [7, 11) is 0. The maximum atomic E-state index is 11.2. The van der Waals surface area contributed by atoms with E-state index in [0.29, 0.717) is 11.3 Å². The van der Waals surface area contributed by atoms with Crippen molar-refractivity contribution >= 4 is 17.2 Å². The summed E-state index contributed by atoms with van der Waals surface area (Å²) in [6.07, 6.45) is 0. The summed E-state index contributed by atoms with van der Waals surface area (Å²) in [5.41, 5.74) is 0.761. The zero-order valence-corrected chi connectivity index (χ0v) is 10.7. The molecule has 0 bridgehead atoms. The second-order valence-electron chi connectivity index (χ2n) is 3.92. The molecule has 1 N–H and O–H groups in total. The molecule has 1 rings (SSSR count). The molecule has 0 aliphatic carbocycles. The third-order valence-corrected chi connectivity index (χ3v) is 2.33. The van der Waals surface area contributed by atoms with Gasteiger partial charge in [0.1, 0.15) is 5.76 Å². The summed E-state index contributed by atoms with van der Waals surface area (Å²) < 4.78 is 0. The molecule has 0 saturated heterocycles. The molecule has 1 aromatic carbocycles. The van der Waals surface area contributed by atoms with E-state index in [0.717, 1.165) is 0 Å². The molecule has 0 aromatic heterocycles. The molecule has 0 aliphatic heterocycles. The molecule has 7 heteroatoms. The molecule has 0 radical (unpaired) electrons. The monoisotopic (exact) mass is 263 g/mol. The van der Waals surface area contributed by atoms with Gasteiger partial charge < -0.3 is 5.11 Å². The Bertz CT molecular complexity index is 587. The fraction of sp³-hybridized carbons (Fsp3) is 0.250. The minimum absolute atomic E-state index is 0.0443. The van der Waals surface area contributed by atoms with E-state index in [1.165, 1.54) is 32.0 Å². The van der Waals surface area contributed by atoms with Crippen molar-refractivity contribution in [1.82, 2.24) is 0 Å². The summed E-state index contributed by atoms with van der Waals surface area (Å²) in [6.45, 7) is 4.24. The average Bonchev–Trinajstić information content (AvgIpc) is 2.29. The normalized spacial score (nSPS) is 12.4. The molecule has 0 heterocycles. The van der Waals surface area contributed by atoms with E-state index in [2.05, 4.69) is 10.2 Å². The molecular formula is C12H13N3O4. The first-order chi connectivity index (χ1) is 8.82. The van der Waals surface area contributed by atoms with Crippen LogP contribution in [0.5, 0.6) is 0 Å². The lowest BCUT2D eigenvalue weighted by Crippen LogP contribution is -1.96. The Morgan fingerprint density at radius 3 is 2.42 bits per heavy atom. The number of azo groups is 1. The Kier molecular flexibility index (Phi) is 4.46.